The fourth-order valence-electron chi connectivity index (χ4n) is 2.68. The van der Waals surface area contributed by atoms with E-state index in [0.717, 1.165) is 18.6 Å². The van der Waals surface area contributed by atoms with Gasteiger partial charge in [-0.2, -0.15) is 0 Å². The second-order valence-corrected chi connectivity index (χ2v) is 6.57. The summed E-state index contributed by atoms with van der Waals surface area (Å²) in [4.78, 5) is 12.3. The van der Waals surface area contributed by atoms with Crippen LogP contribution in [0.25, 0.3) is 0 Å². The number of hydrogen-bond acceptors (Lipinski definition) is 3. The van der Waals surface area contributed by atoms with Crippen molar-refractivity contribution in [3.63, 3.8) is 0 Å². The van der Waals surface area contributed by atoms with Gasteiger partial charge in [0.25, 0.3) is 0 Å². The first-order valence-electron chi connectivity index (χ1n) is 9.77. The molecule has 0 atom stereocenters. The lowest BCUT2D eigenvalue weighted by atomic mass is 10.1. The van der Waals surface area contributed by atoms with E-state index in [2.05, 4.69) is 13.8 Å². The van der Waals surface area contributed by atoms with E-state index in [1.165, 1.54) is 37.7 Å². The largest absolute Gasteiger partial charge is 0.494 e. The molecular weight excluding hydrogens is 324 g/mol. The molecule has 0 saturated carbocycles. The summed E-state index contributed by atoms with van der Waals surface area (Å²) >= 11 is 0. The smallest absolute Gasteiger partial charge is 0.343 e. The Morgan fingerprint density at radius 2 is 1.42 bits per heavy atom. The van der Waals surface area contributed by atoms with Gasteiger partial charge in [-0.1, -0.05) is 51.7 Å². The molecule has 2 rings (SSSR count). The van der Waals surface area contributed by atoms with Crippen molar-refractivity contribution in [2.75, 3.05) is 6.61 Å². The van der Waals surface area contributed by atoms with E-state index in [0.29, 0.717) is 17.9 Å². The molecule has 0 unspecified atom stereocenters. The Morgan fingerprint density at radius 1 is 0.769 bits per heavy atom. The van der Waals surface area contributed by atoms with Gasteiger partial charge in [-0.05, 0) is 61.2 Å². The van der Waals surface area contributed by atoms with E-state index in [-0.39, 0.29) is 5.97 Å². The Morgan fingerprint density at radius 3 is 2.08 bits per heavy atom. The third-order valence-corrected chi connectivity index (χ3v) is 4.31. The van der Waals surface area contributed by atoms with Gasteiger partial charge in [0.1, 0.15) is 11.5 Å². The number of hydrogen-bond donors (Lipinski definition) is 0. The quantitative estimate of drug-likeness (QED) is 0.273. The summed E-state index contributed by atoms with van der Waals surface area (Å²) in [6.45, 7) is 5.09. The minimum absolute atomic E-state index is 0.346. The Balaban J connectivity index is 1.81. The van der Waals surface area contributed by atoms with Crippen molar-refractivity contribution < 1.29 is 14.3 Å². The number of aryl methyl sites for hydroxylation is 1. The predicted octanol–water partition coefficient (Wildman–Crippen LogP) is 6.21. The molecule has 0 spiro atoms. The molecule has 0 amide bonds. The van der Waals surface area contributed by atoms with Gasteiger partial charge in [-0.25, -0.2) is 4.79 Å². The van der Waals surface area contributed by atoms with Crippen LogP contribution in [-0.4, -0.2) is 12.6 Å². The van der Waals surface area contributed by atoms with Gasteiger partial charge in [-0.3, -0.25) is 0 Å². The molecule has 3 heteroatoms. The van der Waals surface area contributed by atoms with Gasteiger partial charge >= 0.3 is 5.97 Å². The Bertz CT molecular complexity index is 644. The lowest BCUT2D eigenvalue weighted by molar-refractivity contribution is 0.0734. The third kappa shape index (κ3) is 6.91. The van der Waals surface area contributed by atoms with E-state index < -0.39 is 0 Å². The first-order chi connectivity index (χ1) is 12.7. The highest BCUT2D eigenvalue weighted by Crippen LogP contribution is 2.18. The molecule has 26 heavy (non-hydrogen) atoms. The highest BCUT2D eigenvalue weighted by molar-refractivity contribution is 5.91. The van der Waals surface area contributed by atoms with Gasteiger partial charge in [0.15, 0.2) is 0 Å². The average molecular weight is 354 g/mol. The molecule has 0 fully saturated rings. The van der Waals surface area contributed by atoms with Crippen molar-refractivity contribution in [1.29, 1.82) is 0 Å². The fraction of sp³-hybridized carbons (Fsp3) is 0.435. The maximum absolute atomic E-state index is 12.3. The zero-order valence-electron chi connectivity index (χ0n) is 16.0. The normalized spacial score (nSPS) is 10.5. The Labute approximate surface area is 157 Å². The summed E-state index contributed by atoms with van der Waals surface area (Å²) in [5, 5.41) is 0. The number of benzene rings is 2. The minimum atomic E-state index is -0.346. The topological polar surface area (TPSA) is 35.5 Å². The number of carbonyl (C=O) groups is 1. The van der Waals surface area contributed by atoms with Crippen LogP contribution in [0, 0.1) is 0 Å². The highest BCUT2D eigenvalue weighted by Gasteiger charge is 2.09. The molecule has 0 aliphatic rings. The molecule has 0 N–H and O–H groups in total. The van der Waals surface area contributed by atoms with Crippen LogP contribution >= 0.6 is 0 Å². The lowest BCUT2D eigenvalue weighted by Gasteiger charge is -2.08. The van der Waals surface area contributed by atoms with Gasteiger partial charge in [0, 0.05) is 0 Å². The number of ether oxygens (including phenoxy) is 2. The maximum atomic E-state index is 12.3. The number of carbonyl (C=O) groups excluding carboxylic acids is 1. The van der Waals surface area contributed by atoms with E-state index >= 15 is 0 Å². The number of esters is 1. The van der Waals surface area contributed by atoms with Crippen LogP contribution in [0.15, 0.2) is 48.5 Å². The van der Waals surface area contributed by atoms with Crippen LogP contribution in [0.4, 0.5) is 0 Å². The summed E-state index contributed by atoms with van der Waals surface area (Å²) in [7, 11) is 0. The molecule has 0 aliphatic heterocycles. The lowest BCUT2D eigenvalue weighted by Crippen LogP contribution is -2.08. The van der Waals surface area contributed by atoms with E-state index in [1.54, 1.807) is 12.1 Å². The second kappa shape index (κ2) is 11.3. The molecule has 140 valence electrons. The van der Waals surface area contributed by atoms with Crippen LogP contribution in [0.1, 0.15) is 68.3 Å². The van der Waals surface area contributed by atoms with Crippen molar-refractivity contribution in [2.24, 2.45) is 0 Å². The van der Waals surface area contributed by atoms with Crippen molar-refractivity contribution in [2.45, 2.75) is 58.8 Å². The first kappa shape index (κ1) is 20.0. The van der Waals surface area contributed by atoms with Crippen molar-refractivity contribution >= 4 is 5.97 Å². The van der Waals surface area contributed by atoms with Crippen molar-refractivity contribution in [1.82, 2.24) is 0 Å². The van der Waals surface area contributed by atoms with Gasteiger partial charge in [0.05, 0.1) is 12.2 Å². The summed E-state index contributed by atoms with van der Waals surface area (Å²) in [5.74, 6) is 1.02. The Kier molecular flexibility index (Phi) is 8.74. The molecule has 3 nitrogen and oxygen atoms in total. The molecule has 0 heterocycles. The highest BCUT2D eigenvalue weighted by atomic mass is 16.5. The van der Waals surface area contributed by atoms with Crippen LogP contribution in [-0.2, 0) is 6.42 Å². The minimum Gasteiger partial charge on any atom is -0.494 e. The molecule has 2 aromatic carbocycles. The average Bonchev–Trinajstić information content (AvgIpc) is 2.68. The monoisotopic (exact) mass is 354 g/mol. The number of unbranched alkanes of at least 4 members (excludes halogenated alkanes) is 4. The van der Waals surface area contributed by atoms with Crippen molar-refractivity contribution in [3.05, 3.63) is 59.7 Å². The predicted molar refractivity (Wildman–Crippen MR) is 106 cm³/mol. The molecule has 0 aromatic heterocycles. The van der Waals surface area contributed by atoms with Gasteiger partial charge in [-0.15, -0.1) is 0 Å². The van der Waals surface area contributed by atoms with E-state index in [1.807, 2.05) is 36.4 Å². The zero-order chi connectivity index (χ0) is 18.6. The van der Waals surface area contributed by atoms with E-state index in [9.17, 15) is 4.79 Å². The van der Waals surface area contributed by atoms with Crippen LogP contribution in [0.5, 0.6) is 11.5 Å². The maximum Gasteiger partial charge on any atom is 0.343 e. The van der Waals surface area contributed by atoms with Gasteiger partial charge in [0.2, 0.25) is 0 Å². The zero-order valence-corrected chi connectivity index (χ0v) is 16.0. The molecule has 0 saturated heterocycles. The summed E-state index contributed by atoms with van der Waals surface area (Å²) in [6, 6.07) is 14.9. The summed E-state index contributed by atoms with van der Waals surface area (Å²) in [6.07, 6.45) is 8.13. The molecule has 0 radical (unpaired) electrons. The summed E-state index contributed by atoms with van der Waals surface area (Å²) in [5.41, 5.74) is 1.80. The fourth-order valence-corrected chi connectivity index (χ4v) is 2.68. The van der Waals surface area contributed by atoms with Crippen LogP contribution in [0.2, 0.25) is 0 Å². The standard InChI is InChI=1S/C23H30O3/c1-3-5-7-8-18-25-21-16-12-20(13-17-21)23(24)26-22-14-10-19(11-15-22)9-6-4-2/h10-17H,3-9,18H2,1-2H3. The third-order valence-electron chi connectivity index (χ3n) is 4.31. The van der Waals surface area contributed by atoms with E-state index in [4.69, 9.17) is 9.47 Å². The molecular formula is C23H30O3. The number of rotatable bonds is 11. The van der Waals surface area contributed by atoms with Crippen LogP contribution in [0.3, 0.4) is 0 Å². The first-order valence-corrected chi connectivity index (χ1v) is 9.77. The second-order valence-electron chi connectivity index (χ2n) is 6.57. The van der Waals surface area contributed by atoms with Crippen molar-refractivity contribution in [3.8, 4) is 11.5 Å². The molecule has 2 aromatic rings. The van der Waals surface area contributed by atoms with Crippen LogP contribution < -0.4 is 9.47 Å². The summed E-state index contributed by atoms with van der Waals surface area (Å²) < 4.78 is 11.1. The van der Waals surface area contributed by atoms with Gasteiger partial charge < -0.3 is 9.47 Å². The SMILES string of the molecule is CCCCCCOc1ccc(C(=O)Oc2ccc(CCCC)cc2)cc1. The molecule has 0 aliphatic carbocycles. The Hall–Kier alpha value is -2.29. The molecule has 0 bridgehead atoms.